The first-order chi connectivity index (χ1) is 11.3. The summed E-state index contributed by atoms with van der Waals surface area (Å²) >= 11 is 16.3. The van der Waals surface area contributed by atoms with E-state index >= 15 is 0 Å². The number of aliphatic hydroxyl groups is 1. The molecule has 0 saturated heterocycles. The summed E-state index contributed by atoms with van der Waals surface area (Å²) in [6, 6.07) is 9.03. The number of benzene rings is 1. The number of carbonyl (C=O) groups excluding carboxylic acids is 2. The van der Waals surface area contributed by atoms with Gasteiger partial charge in [0.05, 0.1) is 13.2 Å². The molecule has 0 radical (unpaired) electrons. The molecule has 7 nitrogen and oxygen atoms in total. The maximum Gasteiger partial charge on any atom is 0.407 e. The number of alkyl carbamates (subject to hydrolysis) is 1. The molecule has 1 aromatic carbocycles. The van der Waals surface area contributed by atoms with Crippen molar-refractivity contribution in [1.82, 2.24) is 5.32 Å². The summed E-state index contributed by atoms with van der Waals surface area (Å²) in [5, 5.41) is 11.8. The van der Waals surface area contributed by atoms with Gasteiger partial charge in [0, 0.05) is 0 Å². The molecule has 0 aliphatic rings. The van der Waals surface area contributed by atoms with E-state index in [1.165, 1.54) is 0 Å². The fraction of sp³-hybridized carbons (Fsp3) is 0.429. The van der Waals surface area contributed by atoms with E-state index in [1.54, 1.807) is 24.3 Å². The number of hydrogen-bond donors (Lipinski definition) is 2. The van der Waals surface area contributed by atoms with E-state index in [-0.39, 0.29) is 19.8 Å². The average molecular weight is 401 g/mol. The molecule has 0 aliphatic carbocycles. The zero-order chi connectivity index (χ0) is 18.0. The Morgan fingerprint density at radius 1 is 1.17 bits per heavy atom. The minimum absolute atomic E-state index is 0.0675. The molecular formula is C14H16Cl3NO6. The summed E-state index contributed by atoms with van der Waals surface area (Å²) in [7, 11) is 0. The topological polar surface area (TPSA) is 94.1 Å². The van der Waals surface area contributed by atoms with Gasteiger partial charge in [0.25, 0.3) is 0 Å². The largest absolute Gasteiger partial charge is 0.445 e. The average Bonchev–Trinajstić information content (AvgIpc) is 2.54. The Balaban J connectivity index is 2.16. The number of alkyl halides is 3. The normalized spacial score (nSPS) is 12.3. The van der Waals surface area contributed by atoms with Crippen LogP contribution < -0.4 is 5.32 Å². The number of carbonyl (C=O) groups is 2. The van der Waals surface area contributed by atoms with Gasteiger partial charge in [-0.1, -0.05) is 65.1 Å². The lowest BCUT2D eigenvalue weighted by Crippen LogP contribution is -2.38. The lowest BCUT2D eigenvalue weighted by molar-refractivity contribution is -0.165. The van der Waals surface area contributed by atoms with Gasteiger partial charge in [-0.3, -0.25) is 0 Å². The molecule has 0 saturated carbocycles. The maximum absolute atomic E-state index is 11.4. The minimum atomic E-state index is -1.63. The smallest absolute Gasteiger partial charge is 0.407 e. The van der Waals surface area contributed by atoms with Crippen LogP contribution in [0.25, 0.3) is 0 Å². The number of rotatable bonds is 8. The van der Waals surface area contributed by atoms with Crippen LogP contribution in [0.5, 0.6) is 0 Å². The van der Waals surface area contributed by atoms with Crippen LogP contribution in [0, 0.1) is 0 Å². The third kappa shape index (κ3) is 9.79. The molecule has 1 atom stereocenters. The minimum Gasteiger partial charge on any atom is -0.445 e. The van der Waals surface area contributed by atoms with E-state index in [1.807, 2.05) is 6.07 Å². The number of esters is 1. The quantitative estimate of drug-likeness (QED) is 0.301. The highest BCUT2D eigenvalue weighted by molar-refractivity contribution is 6.67. The molecule has 0 aromatic heterocycles. The van der Waals surface area contributed by atoms with Crippen molar-refractivity contribution in [2.24, 2.45) is 0 Å². The van der Waals surface area contributed by atoms with Gasteiger partial charge in [-0.2, -0.15) is 0 Å². The number of ether oxygens (including phenoxy) is 3. The van der Waals surface area contributed by atoms with Gasteiger partial charge >= 0.3 is 12.1 Å². The number of aliphatic hydroxyl groups excluding tert-OH is 1. The molecule has 0 spiro atoms. The molecule has 0 bridgehead atoms. The van der Waals surface area contributed by atoms with Gasteiger partial charge in [-0.05, 0) is 5.56 Å². The van der Waals surface area contributed by atoms with Crippen LogP contribution in [-0.4, -0.2) is 47.0 Å². The van der Waals surface area contributed by atoms with Crippen molar-refractivity contribution in [2.45, 2.75) is 16.5 Å². The molecular weight excluding hydrogens is 385 g/mol. The van der Waals surface area contributed by atoms with Gasteiger partial charge in [-0.25, -0.2) is 9.59 Å². The number of amides is 1. The summed E-state index contributed by atoms with van der Waals surface area (Å²) in [5.74, 6) is -0.998. The van der Waals surface area contributed by atoms with Crippen LogP contribution in [0.4, 0.5) is 4.79 Å². The second-order valence-corrected chi connectivity index (χ2v) is 7.02. The van der Waals surface area contributed by atoms with E-state index in [9.17, 15) is 14.7 Å². The summed E-state index contributed by atoms with van der Waals surface area (Å²) in [6.07, 6.45) is -2.36. The Morgan fingerprint density at radius 2 is 1.83 bits per heavy atom. The number of halogens is 3. The Bertz CT molecular complexity index is 523. The second kappa shape index (κ2) is 10.6. The van der Waals surface area contributed by atoms with E-state index in [0.717, 1.165) is 5.56 Å². The molecule has 0 unspecified atom stereocenters. The van der Waals surface area contributed by atoms with Gasteiger partial charge in [0.2, 0.25) is 3.79 Å². The Hall–Kier alpha value is -1.25. The molecule has 24 heavy (non-hydrogen) atoms. The maximum atomic E-state index is 11.4. The third-order valence-corrected chi connectivity index (χ3v) is 2.80. The zero-order valence-electron chi connectivity index (χ0n) is 12.4. The summed E-state index contributed by atoms with van der Waals surface area (Å²) in [5.41, 5.74) is 0.804. The zero-order valence-corrected chi connectivity index (χ0v) is 14.7. The lowest BCUT2D eigenvalue weighted by Gasteiger charge is -2.14. The first kappa shape index (κ1) is 20.8. The molecule has 10 heteroatoms. The first-order valence-corrected chi connectivity index (χ1v) is 7.85. The van der Waals surface area contributed by atoms with Crippen LogP contribution in [0.15, 0.2) is 30.3 Å². The second-order valence-electron chi connectivity index (χ2n) is 4.50. The van der Waals surface area contributed by atoms with Crippen molar-refractivity contribution in [2.75, 3.05) is 19.9 Å². The molecule has 134 valence electrons. The van der Waals surface area contributed by atoms with Crippen LogP contribution >= 0.6 is 34.8 Å². The molecule has 1 rings (SSSR count). The number of hydrogen-bond acceptors (Lipinski definition) is 6. The lowest BCUT2D eigenvalue weighted by atomic mass is 10.2. The van der Waals surface area contributed by atoms with Crippen LogP contribution in [-0.2, 0) is 25.6 Å². The van der Waals surface area contributed by atoms with Crippen molar-refractivity contribution in [3.63, 3.8) is 0 Å². The molecule has 0 aliphatic heterocycles. The standard InChI is InChI=1S/C14H16Cl3NO6/c15-14(16,17)8-22-9-24-12(20)11(19)6-18-13(21)23-7-10-4-2-1-3-5-10/h1-5,11,19H,6-9H2,(H,18,21)/t11-/m1/s1. The van der Waals surface area contributed by atoms with Gasteiger partial charge < -0.3 is 24.6 Å². The fourth-order valence-electron chi connectivity index (χ4n) is 1.39. The van der Waals surface area contributed by atoms with Crippen molar-refractivity contribution in [3.8, 4) is 0 Å². The van der Waals surface area contributed by atoms with Gasteiger partial charge in [0.15, 0.2) is 12.9 Å². The SMILES string of the molecule is O=C(NC[C@@H](O)C(=O)OCOCC(Cl)(Cl)Cl)OCc1ccccc1. The molecule has 0 fully saturated rings. The highest BCUT2D eigenvalue weighted by Gasteiger charge is 2.21. The van der Waals surface area contributed by atoms with Gasteiger partial charge in [-0.15, -0.1) is 0 Å². The number of nitrogens with one attached hydrogen (secondary N) is 1. The molecule has 2 N–H and O–H groups in total. The van der Waals surface area contributed by atoms with Crippen molar-refractivity contribution in [3.05, 3.63) is 35.9 Å². The first-order valence-electron chi connectivity index (χ1n) is 6.71. The van der Waals surface area contributed by atoms with E-state index in [4.69, 9.17) is 44.3 Å². The highest BCUT2D eigenvalue weighted by atomic mass is 35.6. The van der Waals surface area contributed by atoms with Crippen molar-refractivity contribution >= 4 is 46.9 Å². The monoisotopic (exact) mass is 399 g/mol. The highest BCUT2D eigenvalue weighted by Crippen LogP contribution is 2.25. The third-order valence-electron chi connectivity index (χ3n) is 2.47. The molecule has 1 amide bonds. The Morgan fingerprint density at radius 3 is 2.46 bits per heavy atom. The van der Waals surface area contributed by atoms with E-state index < -0.39 is 28.8 Å². The Kier molecular flexibility index (Phi) is 9.17. The summed E-state index contributed by atoms with van der Waals surface area (Å²) in [6.45, 7) is -1.09. The van der Waals surface area contributed by atoms with Crippen LogP contribution in [0.1, 0.15) is 5.56 Å². The predicted molar refractivity (Wildman–Crippen MR) is 87.8 cm³/mol. The van der Waals surface area contributed by atoms with Crippen LogP contribution in [0.3, 0.4) is 0 Å². The van der Waals surface area contributed by atoms with Crippen molar-refractivity contribution in [1.29, 1.82) is 0 Å². The molecule has 1 aromatic rings. The van der Waals surface area contributed by atoms with Gasteiger partial charge in [0.1, 0.15) is 6.61 Å². The Labute approximate surface area is 153 Å². The fourth-order valence-corrected chi connectivity index (χ4v) is 1.62. The predicted octanol–water partition coefficient (Wildman–Crippen LogP) is 2.16. The molecule has 0 heterocycles. The summed E-state index contributed by atoms with van der Waals surface area (Å²) < 4.78 is 12.6. The van der Waals surface area contributed by atoms with E-state index in [2.05, 4.69) is 10.1 Å². The summed E-state index contributed by atoms with van der Waals surface area (Å²) in [4.78, 5) is 22.9. The van der Waals surface area contributed by atoms with Crippen molar-refractivity contribution < 1.29 is 28.9 Å². The van der Waals surface area contributed by atoms with E-state index in [0.29, 0.717) is 0 Å². The van der Waals surface area contributed by atoms with Crippen LogP contribution in [0.2, 0.25) is 0 Å².